The molecule has 136 valence electrons. The van der Waals surface area contributed by atoms with E-state index in [1.54, 1.807) is 0 Å². The van der Waals surface area contributed by atoms with Crippen molar-refractivity contribution < 1.29 is 19.6 Å². The lowest BCUT2D eigenvalue weighted by Crippen LogP contribution is -2.42. The highest BCUT2D eigenvalue weighted by Crippen LogP contribution is 2.24. The van der Waals surface area contributed by atoms with Gasteiger partial charge in [-0.25, -0.2) is 5.48 Å². The molecule has 0 saturated heterocycles. The molecule has 4 rings (SSSR count). The van der Waals surface area contributed by atoms with E-state index in [0.717, 1.165) is 16.5 Å². The van der Waals surface area contributed by atoms with Gasteiger partial charge in [0.25, 0.3) is 11.8 Å². The van der Waals surface area contributed by atoms with Crippen LogP contribution < -0.4 is 16.1 Å². The maximum absolute atomic E-state index is 12.6. The maximum atomic E-state index is 12.6. The van der Waals surface area contributed by atoms with E-state index in [9.17, 15) is 14.4 Å². The molecule has 5 N–H and O–H groups in total. The van der Waals surface area contributed by atoms with Gasteiger partial charge in [-0.15, -0.1) is 0 Å². The average Bonchev–Trinajstić information content (AvgIpc) is 3.04. The van der Waals surface area contributed by atoms with Gasteiger partial charge in [-0.1, -0.05) is 18.2 Å². The fraction of sp³-hybridized carbons (Fsp3) is 0.105. The lowest BCUT2D eigenvalue weighted by molar-refractivity contribution is -0.117. The number of hydroxylamine groups is 1. The van der Waals surface area contributed by atoms with Crippen LogP contribution in [0.15, 0.2) is 48.7 Å². The van der Waals surface area contributed by atoms with Gasteiger partial charge < -0.3 is 15.6 Å². The number of rotatable bonds is 3. The molecule has 8 heteroatoms. The van der Waals surface area contributed by atoms with Gasteiger partial charge in [-0.3, -0.25) is 19.6 Å². The van der Waals surface area contributed by atoms with Crippen LogP contribution in [0.4, 0.5) is 5.69 Å². The number of hydrogen-bond acceptors (Lipinski definition) is 4. The SMILES string of the molecule is O=C(NO)c1ccc2c(c1)NC(=O)C(Cc1c[nH]c3ccccc13)NC2=O. The summed E-state index contributed by atoms with van der Waals surface area (Å²) in [7, 11) is 0. The summed E-state index contributed by atoms with van der Waals surface area (Å²) in [5.74, 6) is -1.52. The van der Waals surface area contributed by atoms with Crippen molar-refractivity contribution in [2.75, 3.05) is 5.32 Å². The molecule has 0 aliphatic carbocycles. The van der Waals surface area contributed by atoms with E-state index >= 15 is 0 Å². The normalized spacial score (nSPS) is 16.3. The topological polar surface area (TPSA) is 123 Å². The van der Waals surface area contributed by atoms with Gasteiger partial charge in [0.2, 0.25) is 5.91 Å². The van der Waals surface area contributed by atoms with Crippen molar-refractivity contribution in [1.82, 2.24) is 15.8 Å². The van der Waals surface area contributed by atoms with E-state index in [2.05, 4.69) is 15.6 Å². The van der Waals surface area contributed by atoms with Gasteiger partial charge in [-0.2, -0.15) is 0 Å². The number of fused-ring (bicyclic) bond motifs is 2. The molecule has 1 atom stereocenters. The van der Waals surface area contributed by atoms with E-state index in [0.29, 0.717) is 6.42 Å². The largest absolute Gasteiger partial charge is 0.361 e. The number of carbonyl (C=O) groups is 3. The third-order valence-electron chi connectivity index (χ3n) is 4.61. The van der Waals surface area contributed by atoms with E-state index in [1.807, 2.05) is 30.5 Å². The van der Waals surface area contributed by atoms with Crippen LogP contribution in [-0.4, -0.2) is 34.0 Å². The smallest absolute Gasteiger partial charge is 0.274 e. The minimum absolute atomic E-state index is 0.124. The summed E-state index contributed by atoms with van der Waals surface area (Å²) in [6.07, 6.45) is 2.14. The van der Waals surface area contributed by atoms with Crippen LogP contribution in [0.25, 0.3) is 10.9 Å². The van der Waals surface area contributed by atoms with Crippen LogP contribution in [0.3, 0.4) is 0 Å². The van der Waals surface area contributed by atoms with Crippen molar-refractivity contribution in [2.45, 2.75) is 12.5 Å². The first-order valence-electron chi connectivity index (χ1n) is 8.32. The zero-order valence-electron chi connectivity index (χ0n) is 14.1. The first-order valence-corrected chi connectivity index (χ1v) is 8.32. The summed E-state index contributed by atoms with van der Waals surface area (Å²) in [6.45, 7) is 0. The number of carbonyl (C=O) groups excluding carboxylic acids is 3. The minimum Gasteiger partial charge on any atom is -0.361 e. The van der Waals surface area contributed by atoms with Gasteiger partial charge in [0.05, 0.1) is 11.3 Å². The Kier molecular flexibility index (Phi) is 4.09. The van der Waals surface area contributed by atoms with Gasteiger partial charge in [0, 0.05) is 29.1 Å². The number of aromatic amines is 1. The number of para-hydroxylation sites is 1. The lowest BCUT2D eigenvalue weighted by atomic mass is 10.0. The van der Waals surface area contributed by atoms with Crippen molar-refractivity contribution in [2.24, 2.45) is 0 Å². The first kappa shape index (κ1) is 16.8. The fourth-order valence-electron chi connectivity index (χ4n) is 3.24. The summed E-state index contributed by atoms with van der Waals surface area (Å²) in [5.41, 5.74) is 3.99. The molecule has 8 nitrogen and oxygen atoms in total. The molecule has 0 bridgehead atoms. The van der Waals surface area contributed by atoms with Crippen LogP contribution in [0.5, 0.6) is 0 Å². The van der Waals surface area contributed by atoms with Crippen molar-refractivity contribution in [3.8, 4) is 0 Å². The Morgan fingerprint density at radius 2 is 1.96 bits per heavy atom. The average molecular weight is 364 g/mol. The van der Waals surface area contributed by atoms with Crippen LogP contribution in [0.1, 0.15) is 26.3 Å². The predicted octanol–water partition coefficient (Wildman–Crippen LogP) is 1.58. The predicted molar refractivity (Wildman–Crippen MR) is 97.6 cm³/mol. The summed E-state index contributed by atoms with van der Waals surface area (Å²) in [6, 6.07) is 11.1. The standard InChI is InChI=1S/C19H16N4O4/c24-17(23-27)10-5-6-13-15(7-10)21-19(26)16(22-18(13)25)8-11-9-20-14-4-2-1-3-12(11)14/h1-7,9,16,20,27H,8H2,(H,21,26)(H,22,25)(H,23,24). The highest BCUT2D eigenvalue weighted by Gasteiger charge is 2.29. The number of amides is 3. The summed E-state index contributed by atoms with van der Waals surface area (Å²) >= 11 is 0. The Hall–Kier alpha value is -3.65. The molecule has 1 aliphatic heterocycles. The number of benzene rings is 2. The second-order valence-corrected chi connectivity index (χ2v) is 6.28. The number of aromatic nitrogens is 1. The highest BCUT2D eigenvalue weighted by atomic mass is 16.5. The zero-order valence-corrected chi connectivity index (χ0v) is 14.1. The minimum atomic E-state index is -0.765. The van der Waals surface area contributed by atoms with E-state index in [1.165, 1.54) is 23.7 Å². The second-order valence-electron chi connectivity index (χ2n) is 6.28. The molecule has 3 aromatic rings. The summed E-state index contributed by atoms with van der Waals surface area (Å²) in [5, 5.41) is 15.2. The molecule has 3 amide bonds. The van der Waals surface area contributed by atoms with Crippen molar-refractivity contribution in [3.05, 3.63) is 65.4 Å². The Morgan fingerprint density at radius 3 is 2.78 bits per heavy atom. The number of hydrogen-bond donors (Lipinski definition) is 5. The first-order chi connectivity index (χ1) is 13.1. The van der Waals surface area contributed by atoms with E-state index < -0.39 is 17.9 Å². The number of H-pyrrole nitrogens is 1. The maximum Gasteiger partial charge on any atom is 0.274 e. The Balaban J connectivity index is 1.63. The van der Waals surface area contributed by atoms with Crippen LogP contribution >= 0.6 is 0 Å². The van der Waals surface area contributed by atoms with Crippen molar-refractivity contribution in [3.63, 3.8) is 0 Å². The Labute approximate surface area is 153 Å². The summed E-state index contributed by atoms with van der Waals surface area (Å²) in [4.78, 5) is 39.9. The van der Waals surface area contributed by atoms with Gasteiger partial charge >= 0.3 is 0 Å². The van der Waals surface area contributed by atoms with Crippen molar-refractivity contribution in [1.29, 1.82) is 0 Å². The van der Waals surface area contributed by atoms with Gasteiger partial charge in [0.1, 0.15) is 6.04 Å². The molecule has 2 heterocycles. The van der Waals surface area contributed by atoms with Crippen LogP contribution in [-0.2, 0) is 11.2 Å². The molecule has 1 unspecified atom stereocenters. The van der Waals surface area contributed by atoms with Gasteiger partial charge in [0.15, 0.2) is 0 Å². The molecular weight excluding hydrogens is 348 g/mol. The molecule has 0 spiro atoms. The molecule has 0 saturated carbocycles. The number of nitrogens with one attached hydrogen (secondary N) is 4. The summed E-state index contributed by atoms with van der Waals surface area (Å²) < 4.78 is 0. The van der Waals surface area contributed by atoms with Crippen LogP contribution in [0.2, 0.25) is 0 Å². The Bertz CT molecular complexity index is 1070. The monoisotopic (exact) mass is 364 g/mol. The molecular formula is C19H16N4O4. The van der Waals surface area contributed by atoms with Gasteiger partial charge in [-0.05, 0) is 29.8 Å². The van der Waals surface area contributed by atoms with Crippen LogP contribution in [0, 0.1) is 0 Å². The molecule has 1 aliphatic rings. The Morgan fingerprint density at radius 1 is 1.15 bits per heavy atom. The second kappa shape index (κ2) is 6.58. The molecule has 0 fully saturated rings. The molecule has 1 aromatic heterocycles. The quantitative estimate of drug-likeness (QED) is 0.358. The molecule has 0 radical (unpaired) electrons. The van der Waals surface area contributed by atoms with E-state index in [-0.39, 0.29) is 22.7 Å². The molecule has 2 aromatic carbocycles. The molecule has 27 heavy (non-hydrogen) atoms. The fourth-order valence-corrected chi connectivity index (χ4v) is 3.24. The van der Waals surface area contributed by atoms with E-state index in [4.69, 9.17) is 5.21 Å². The lowest BCUT2D eigenvalue weighted by Gasteiger charge is -2.14. The highest BCUT2D eigenvalue weighted by molar-refractivity contribution is 6.11. The third-order valence-corrected chi connectivity index (χ3v) is 4.61. The zero-order chi connectivity index (χ0) is 19.0. The third kappa shape index (κ3) is 3.02. The van der Waals surface area contributed by atoms with Crippen molar-refractivity contribution >= 4 is 34.3 Å². The number of anilines is 1.